The molecular formula is C16H27N3O. The summed E-state index contributed by atoms with van der Waals surface area (Å²) in [7, 11) is 2.16. The lowest BCUT2D eigenvalue weighted by Gasteiger charge is -2.41. The first-order valence-electron chi connectivity index (χ1n) is 7.75. The fourth-order valence-corrected chi connectivity index (χ4v) is 3.27. The molecule has 1 aliphatic rings. The highest BCUT2D eigenvalue weighted by atomic mass is 16.1. The Morgan fingerprint density at radius 3 is 2.55 bits per heavy atom. The number of pyridine rings is 1. The van der Waals surface area contributed by atoms with Gasteiger partial charge in [0, 0.05) is 37.4 Å². The quantitative estimate of drug-likeness (QED) is 0.835. The van der Waals surface area contributed by atoms with Crippen molar-refractivity contribution in [1.29, 1.82) is 0 Å². The molecule has 1 fully saturated rings. The molecule has 20 heavy (non-hydrogen) atoms. The van der Waals surface area contributed by atoms with Crippen LogP contribution in [0.25, 0.3) is 0 Å². The summed E-state index contributed by atoms with van der Waals surface area (Å²) in [6.07, 6.45) is 9.42. The lowest BCUT2D eigenvalue weighted by Crippen LogP contribution is -2.52. The minimum absolute atomic E-state index is 0.0727. The largest absolute Gasteiger partial charge is 0.329 e. The van der Waals surface area contributed by atoms with E-state index in [9.17, 15) is 4.79 Å². The van der Waals surface area contributed by atoms with E-state index in [0.29, 0.717) is 6.54 Å². The van der Waals surface area contributed by atoms with E-state index in [2.05, 4.69) is 11.9 Å². The maximum absolute atomic E-state index is 11.7. The van der Waals surface area contributed by atoms with Crippen molar-refractivity contribution in [2.45, 2.75) is 50.6 Å². The van der Waals surface area contributed by atoms with Crippen LogP contribution in [0.5, 0.6) is 0 Å². The maximum atomic E-state index is 11.7. The SMILES string of the molecule is CN(CCn1ccccc1=O)C1(CN)CCCCCC1. The Labute approximate surface area is 121 Å². The second-order valence-corrected chi connectivity index (χ2v) is 6.00. The van der Waals surface area contributed by atoms with Crippen LogP contribution in [0, 0.1) is 0 Å². The summed E-state index contributed by atoms with van der Waals surface area (Å²) in [5.41, 5.74) is 6.30. The molecule has 112 valence electrons. The summed E-state index contributed by atoms with van der Waals surface area (Å²) in [6, 6.07) is 5.31. The highest BCUT2D eigenvalue weighted by molar-refractivity contribution is 4.95. The maximum Gasteiger partial charge on any atom is 0.250 e. The summed E-state index contributed by atoms with van der Waals surface area (Å²) in [5.74, 6) is 0. The van der Waals surface area contributed by atoms with Crippen LogP contribution in [0.1, 0.15) is 38.5 Å². The molecule has 2 rings (SSSR count). The summed E-state index contributed by atoms with van der Waals surface area (Å²) in [6.45, 7) is 2.33. The topological polar surface area (TPSA) is 51.3 Å². The standard InChI is InChI=1S/C16H27N3O/c1-18(12-13-19-11-7-4-8-15(19)20)16(14-17)9-5-2-3-6-10-16/h4,7-8,11H,2-3,5-6,9-10,12-14,17H2,1H3. The van der Waals surface area contributed by atoms with E-state index in [1.54, 1.807) is 16.7 Å². The average molecular weight is 277 g/mol. The Morgan fingerprint density at radius 2 is 1.95 bits per heavy atom. The van der Waals surface area contributed by atoms with Gasteiger partial charge in [-0.2, -0.15) is 0 Å². The first kappa shape index (κ1) is 15.3. The van der Waals surface area contributed by atoms with Gasteiger partial charge in [-0.1, -0.05) is 31.7 Å². The van der Waals surface area contributed by atoms with Gasteiger partial charge >= 0.3 is 0 Å². The molecule has 1 aliphatic carbocycles. The molecular weight excluding hydrogens is 250 g/mol. The van der Waals surface area contributed by atoms with Crippen LogP contribution >= 0.6 is 0 Å². The fourth-order valence-electron chi connectivity index (χ4n) is 3.27. The zero-order chi connectivity index (χ0) is 14.4. The zero-order valence-electron chi connectivity index (χ0n) is 12.6. The van der Waals surface area contributed by atoms with Gasteiger partial charge in [0.25, 0.3) is 5.56 Å². The molecule has 1 saturated carbocycles. The molecule has 2 N–H and O–H groups in total. The smallest absolute Gasteiger partial charge is 0.250 e. The highest BCUT2D eigenvalue weighted by Crippen LogP contribution is 2.30. The Bertz CT molecular complexity index is 461. The molecule has 0 aliphatic heterocycles. The number of hydrogen-bond acceptors (Lipinski definition) is 3. The second-order valence-electron chi connectivity index (χ2n) is 6.00. The van der Waals surface area contributed by atoms with Crippen LogP contribution < -0.4 is 11.3 Å². The van der Waals surface area contributed by atoms with Crippen LogP contribution in [0.4, 0.5) is 0 Å². The van der Waals surface area contributed by atoms with E-state index in [4.69, 9.17) is 5.73 Å². The Hall–Kier alpha value is -1.13. The minimum Gasteiger partial charge on any atom is -0.329 e. The molecule has 0 spiro atoms. The molecule has 0 unspecified atom stereocenters. The Morgan fingerprint density at radius 1 is 1.25 bits per heavy atom. The van der Waals surface area contributed by atoms with E-state index < -0.39 is 0 Å². The number of nitrogens with two attached hydrogens (primary N) is 1. The summed E-state index contributed by atoms with van der Waals surface area (Å²) in [5, 5.41) is 0. The summed E-state index contributed by atoms with van der Waals surface area (Å²) in [4.78, 5) is 14.1. The van der Waals surface area contributed by atoms with Gasteiger partial charge in [-0.25, -0.2) is 0 Å². The van der Waals surface area contributed by atoms with Gasteiger partial charge in [0.15, 0.2) is 0 Å². The molecule has 1 heterocycles. The molecule has 0 amide bonds. The average Bonchev–Trinajstić information content (AvgIpc) is 2.72. The summed E-state index contributed by atoms with van der Waals surface area (Å²) < 4.78 is 1.78. The predicted molar refractivity (Wildman–Crippen MR) is 82.8 cm³/mol. The van der Waals surface area contributed by atoms with Crippen LogP contribution in [0.15, 0.2) is 29.2 Å². The van der Waals surface area contributed by atoms with E-state index in [1.165, 1.54) is 38.5 Å². The monoisotopic (exact) mass is 277 g/mol. The van der Waals surface area contributed by atoms with E-state index in [1.807, 2.05) is 12.3 Å². The highest BCUT2D eigenvalue weighted by Gasteiger charge is 2.33. The van der Waals surface area contributed by atoms with Gasteiger partial charge in [-0.05, 0) is 26.0 Å². The minimum atomic E-state index is 0.0727. The Balaban J connectivity index is 2.00. The third kappa shape index (κ3) is 3.49. The van der Waals surface area contributed by atoms with Gasteiger partial charge in [0.1, 0.15) is 0 Å². The van der Waals surface area contributed by atoms with Crippen molar-refractivity contribution < 1.29 is 0 Å². The molecule has 0 radical (unpaired) electrons. The third-order valence-corrected chi connectivity index (χ3v) is 4.80. The third-order valence-electron chi connectivity index (χ3n) is 4.80. The number of likely N-dealkylation sites (N-methyl/N-ethyl adjacent to an activating group) is 1. The number of nitrogens with zero attached hydrogens (tertiary/aromatic N) is 2. The van der Waals surface area contributed by atoms with Gasteiger partial charge in [-0.3, -0.25) is 9.69 Å². The van der Waals surface area contributed by atoms with Gasteiger partial charge in [-0.15, -0.1) is 0 Å². The molecule has 0 saturated heterocycles. The van der Waals surface area contributed by atoms with Crippen LogP contribution in [0.3, 0.4) is 0 Å². The summed E-state index contributed by atoms with van der Waals surface area (Å²) >= 11 is 0. The van der Waals surface area contributed by atoms with Gasteiger partial charge < -0.3 is 10.3 Å². The van der Waals surface area contributed by atoms with Crippen molar-refractivity contribution in [2.75, 3.05) is 20.1 Å². The number of rotatable bonds is 5. The normalized spacial score (nSPS) is 18.9. The molecule has 1 aromatic heterocycles. The van der Waals surface area contributed by atoms with E-state index in [-0.39, 0.29) is 11.1 Å². The molecule has 1 aromatic rings. The van der Waals surface area contributed by atoms with Crippen LogP contribution in [-0.2, 0) is 6.54 Å². The van der Waals surface area contributed by atoms with E-state index in [0.717, 1.165) is 13.1 Å². The van der Waals surface area contributed by atoms with Crippen molar-refractivity contribution in [1.82, 2.24) is 9.47 Å². The van der Waals surface area contributed by atoms with Gasteiger partial charge in [0.2, 0.25) is 0 Å². The molecule has 0 atom stereocenters. The lowest BCUT2D eigenvalue weighted by molar-refractivity contribution is 0.103. The van der Waals surface area contributed by atoms with Crippen LogP contribution in [-0.4, -0.2) is 35.1 Å². The first-order valence-corrected chi connectivity index (χ1v) is 7.75. The molecule has 0 bridgehead atoms. The van der Waals surface area contributed by atoms with Crippen molar-refractivity contribution in [3.63, 3.8) is 0 Å². The number of hydrogen-bond donors (Lipinski definition) is 1. The number of aromatic nitrogens is 1. The van der Waals surface area contributed by atoms with Gasteiger partial charge in [0.05, 0.1) is 0 Å². The lowest BCUT2D eigenvalue weighted by atomic mass is 9.88. The zero-order valence-corrected chi connectivity index (χ0v) is 12.6. The molecule has 4 heteroatoms. The van der Waals surface area contributed by atoms with Crippen LogP contribution in [0.2, 0.25) is 0 Å². The molecule has 4 nitrogen and oxygen atoms in total. The second kappa shape index (κ2) is 7.04. The Kier molecular flexibility index (Phi) is 5.38. The van der Waals surface area contributed by atoms with Crippen molar-refractivity contribution in [2.24, 2.45) is 5.73 Å². The van der Waals surface area contributed by atoms with E-state index >= 15 is 0 Å². The van der Waals surface area contributed by atoms with Crippen molar-refractivity contribution >= 4 is 0 Å². The first-order chi connectivity index (χ1) is 9.68. The van der Waals surface area contributed by atoms with Crippen molar-refractivity contribution in [3.05, 3.63) is 34.7 Å². The fraction of sp³-hybridized carbons (Fsp3) is 0.688. The molecule has 0 aromatic carbocycles. The van der Waals surface area contributed by atoms with Crippen molar-refractivity contribution in [3.8, 4) is 0 Å². The predicted octanol–water partition coefficient (Wildman–Crippen LogP) is 1.83.